The van der Waals surface area contributed by atoms with Gasteiger partial charge in [0.2, 0.25) is 0 Å². The smallest absolute Gasteiger partial charge is 0.387 e. The lowest BCUT2D eigenvalue weighted by molar-refractivity contribution is -0.0498. The monoisotopic (exact) mass is 426 g/mol. The average Bonchev–Trinajstić information content (AvgIpc) is 3.10. The molecule has 0 fully saturated rings. The van der Waals surface area contributed by atoms with Crippen LogP contribution in [0.3, 0.4) is 0 Å². The Kier molecular flexibility index (Phi) is 9.27. The molecule has 0 amide bonds. The molecule has 0 aliphatic heterocycles. The molecule has 0 saturated heterocycles. The topological polar surface area (TPSA) is 78.8 Å². The van der Waals surface area contributed by atoms with Gasteiger partial charge < -0.3 is 20.5 Å². The van der Waals surface area contributed by atoms with Gasteiger partial charge in [-0.2, -0.15) is 8.78 Å². The standard InChI is InChI=1S/C20H28F2N4O2S/c1-4-23-20(25-11-16-10-24-18(29-16)9-13(2)3)26-12-17(27)14-5-7-15(8-6-14)28-19(21)22/h5-8,10,13,17,19,27H,4,9,11-12H2,1-3H3,(H2,23,25,26). The van der Waals surface area contributed by atoms with Crippen LogP contribution < -0.4 is 15.4 Å². The second-order valence-electron chi connectivity index (χ2n) is 6.86. The molecule has 0 saturated carbocycles. The number of nitrogens with zero attached hydrogens (tertiary/aromatic N) is 2. The first kappa shape index (κ1) is 23.0. The van der Waals surface area contributed by atoms with Gasteiger partial charge in [-0.05, 0) is 30.5 Å². The van der Waals surface area contributed by atoms with E-state index in [1.54, 1.807) is 23.5 Å². The zero-order chi connectivity index (χ0) is 21.2. The summed E-state index contributed by atoms with van der Waals surface area (Å²) in [5, 5.41) is 17.7. The predicted octanol–water partition coefficient (Wildman–Crippen LogP) is 3.73. The summed E-state index contributed by atoms with van der Waals surface area (Å²) in [6.07, 6.45) is 1.99. The van der Waals surface area contributed by atoms with Gasteiger partial charge in [-0.3, -0.25) is 0 Å². The average molecular weight is 427 g/mol. The van der Waals surface area contributed by atoms with Crippen LogP contribution in [0, 0.1) is 5.92 Å². The molecular formula is C20H28F2N4O2S. The minimum absolute atomic E-state index is 0.0557. The summed E-state index contributed by atoms with van der Waals surface area (Å²) in [4.78, 5) is 10.0. The normalized spacial score (nSPS) is 13.0. The van der Waals surface area contributed by atoms with Crippen LogP contribution in [0.15, 0.2) is 35.5 Å². The van der Waals surface area contributed by atoms with E-state index in [9.17, 15) is 13.9 Å². The molecule has 0 radical (unpaired) electrons. The van der Waals surface area contributed by atoms with Crippen LogP contribution in [0.1, 0.15) is 42.3 Å². The third kappa shape index (κ3) is 8.33. The number of rotatable bonds is 10. The van der Waals surface area contributed by atoms with Crippen molar-refractivity contribution in [3.8, 4) is 5.75 Å². The number of nitrogens with one attached hydrogen (secondary N) is 2. The SMILES string of the molecule is CCNC(=NCc1cnc(CC(C)C)s1)NCC(O)c1ccc(OC(F)F)cc1. The van der Waals surface area contributed by atoms with E-state index in [4.69, 9.17) is 0 Å². The second-order valence-corrected chi connectivity index (χ2v) is 8.06. The van der Waals surface area contributed by atoms with E-state index >= 15 is 0 Å². The quantitative estimate of drug-likeness (QED) is 0.399. The van der Waals surface area contributed by atoms with E-state index < -0.39 is 12.7 Å². The molecule has 29 heavy (non-hydrogen) atoms. The molecule has 1 aromatic heterocycles. The van der Waals surface area contributed by atoms with Crippen LogP contribution in [0.25, 0.3) is 0 Å². The van der Waals surface area contributed by atoms with Gasteiger partial charge >= 0.3 is 6.61 Å². The summed E-state index contributed by atoms with van der Waals surface area (Å²) in [6, 6.07) is 5.93. The van der Waals surface area contributed by atoms with E-state index in [1.807, 2.05) is 13.1 Å². The van der Waals surface area contributed by atoms with Crippen molar-refractivity contribution in [3.63, 3.8) is 0 Å². The van der Waals surface area contributed by atoms with Crippen molar-refractivity contribution in [2.75, 3.05) is 13.1 Å². The van der Waals surface area contributed by atoms with E-state index in [1.165, 1.54) is 12.1 Å². The van der Waals surface area contributed by atoms with Crippen LogP contribution >= 0.6 is 11.3 Å². The number of hydrogen-bond acceptors (Lipinski definition) is 5. The summed E-state index contributed by atoms with van der Waals surface area (Å²) in [7, 11) is 0. The van der Waals surface area contributed by atoms with Gasteiger partial charge in [0.25, 0.3) is 0 Å². The van der Waals surface area contributed by atoms with Gasteiger partial charge in [0.1, 0.15) is 5.75 Å². The number of halogens is 2. The molecule has 9 heteroatoms. The summed E-state index contributed by atoms with van der Waals surface area (Å²) in [5.41, 5.74) is 0.593. The number of aliphatic hydroxyl groups excluding tert-OH is 1. The molecule has 1 heterocycles. The minimum atomic E-state index is -2.87. The van der Waals surface area contributed by atoms with Crippen molar-refractivity contribution in [3.05, 3.63) is 45.9 Å². The largest absolute Gasteiger partial charge is 0.435 e. The second kappa shape index (κ2) is 11.7. The molecular weight excluding hydrogens is 398 g/mol. The number of thiazole rings is 1. The van der Waals surface area contributed by atoms with Crippen molar-refractivity contribution in [1.82, 2.24) is 15.6 Å². The fourth-order valence-electron chi connectivity index (χ4n) is 2.55. The number of guanidine groups is 1. The van der Waals surface area contributed by atoms with Gasteiger partial charge in [-0.1, -0.05) is 26.0 Å². The maximum atomic E-state index is 12.2. The lowest BCUT2D eigenvalue weighted by Gasteiger charge is -2.16. The zero-order valence-electron chi connectivity index (χ0n) is 16.9. The lowest BCUT2D eigenvalue weighted by atomic mass is 10.1. The number of aromatic nitrogens is 1. The molecule has 0 spiro atoms. The Balaban J connectivity index is 1.90. The van der Waals surface area contributed by atoms with Crippen molar-refractivity contribution in [1.29, 1.82) is 0 Å². The Hall–Kier alpha value is -2.26. The minimum Gasteiger partial charge on any atom is -0.435 e. The number of ether oxygens (including phenoxy) is 1. The van der Waals surface area contributed by atoms with Crippen molar-refractivity contribution >= 4 is 17.3 Å². The summed E-state index contributed by atoms with van der Waals surface area (Å²) >= 11 is 1.66. The summed E-state index contributed by atoms with van der Waals surface area (Å²) in [5.74, 6) is 1.21. The fourth-order valence-corrected chi connectivity index (χ4v) is 3.61. The lowest BCUT2D eigenvalue weighted by Crippen LogP contribution is -2.39. The maximum absolute atomic E-state index is 12.2. The molecule has 6 nitrogen and oxygen atoms in total. The van der Waals surface area contributed by atoms with Gasteiger partial charge in [-0.15, -0.1) is 11.3 Å². The third-order valence-electron chi connectivity index (χ3n) is 3.87. The highest BCUT2D eigenvalue weighted by molar-refractivity contribution is 7.11. The number of alkyl halides is 2. The zero-order valence-corrected chi connectivity index (χ0v) is 17.7. The summed E-state index contributed by atoms with van der Waals surface area (Å²) < 4.78 is 28.7. The van der Waals surface area contributed by atoms with E-state index in [-0.39, 0.29) is 12.3 Å². The van der Waals surface area contributed by atoms with Crippen LogP contribution in [0.2, 0.25) is 0 Å². The molecule has 0 bridgehead atoms. The third-order valence-corrected chi connectivity index (χ3v) is 4.88. The molecule has 1 unspecified atom stereocenters. The molecule has 160 valence electrons. The Labute approximate surface area is 174 Å². The molecule has 1 atom stereocenters. The van der Waals surface area contributed by atoms with Crippen LogP contribution in [0.5, 0.6) is 5.75 Å². The highest BCUT2D eigenvalue weighted by Crippen LogP contribution is 2.19. The molecule has 2 rings (SSSR count). The predicted molar refractivity (Wildman–Crippen MR) is 112 cm³/mol. The van der Waals surface area contributed by atoms with Crippen molar-refractivity contribution < 1.29 is 18.6 Å². The Bertz CT molecular complexity index is 766. The first-order valence-corrected chi connectivity index (χ1v) is 10.4. The van der Waals surface area contributed by atoms with Crippen LogP contribution in [-0.4, -0.2) is 35.8 Å². The first-order chi connectivity index (χ1) is 13.9. The van der Waals surface area contributed by atoms with Crippen molar-refractivity contribution in [2.45, 2.75) is 46.5 Å². The number of aliphatic imine (C=N–C) groups is 1. The Morgan fingerprint density at radius 2 is 1.97 bits per heavy atom. The van der Waals surface area contributed by atoms with Crippen LogP contribution in [-0.2, 0) is 13.0 Å². The fraction of sp³-hybridized carbons (Fsp3) is 0.500. The summed E-state index contributed by atoms with van der Waals surface area (Å²) in [6.45, 7) is 4.83. The van der Waals surface area contributed by atoms with Gasteiger partial charge in [0, 0.05) is 30.6 Å². The van der Waals surface area contributed by atoms with Gasteiger partial charge in [0.05, 0.1) is 17.7 Å². The maximum Gasteiger partial charge on any atom is 0.387 e. The van der Waals surface area contributed by atoms with E-state index in [0.29, 0.717) is 30.5 Å². The highest BCUT2D eigenvalue weighted by atomic mass is 32.1. The highest BCUT2D eigenvalue weighted by Gasteiger charge is 2.11. The molecule has 1 aromatic carbocycles. The van der Waals surface area contributed by atoms with Crippen LogP contribution in [0.4, 0.5) is 8.78 Å². The Morgan fingerprint density at radius 1 is 1.24 bits per heavy atom. The van der Waals surface area contributed by atoms with E-state index in [2.05, 4.69) is 39.2 Å². The number of benzene rings is 1. The van der Waals surface area contributed by atoms with E-state index in [0.717, 1.165) is 16.3 Å². The number of hydrogen-bond donors (Lipinski definition) is 3. The molecule has 0 aliphatic carbocycles. The number of aliphatic hydroxyl groups is 1. The van der Waals surface area contributed by atoms with Crippen molar-refractivity contribution in [2.24, 2.45) is 10.9 Å². The molecule has 0 aliphatic rings. The van der Waals surface area contributed by atoms with Gasteiger partial charge in [0.15, 0.2) is 5.96 Å². The molecule has 2 aromatic rings. The van der Waals surface area contributed by atoms with Gasteiger partial charge in [-0.25, -0.2) is 9.98 Å². The first-order valence-electron chi connectivity index (χ1n) is 9.56. The Morgan fingerprint density at radius 3 is 2.59 bits per heavy atom. The molecule has 3 N–H and O–H groups in total.